The summed E-state index contributed by atoms with van der Waals surface area (Å²) in [4.78, 5) is 0. The predicted octanol–water partition coefficient (Wildman–Crippen LogP) is 3.57. The van der Waals surface area contributed by atoms with Gasteiger partial charge in [-0.3, -0.25) is 0 Å². The van der Waals surface area contributed by atoms with E-state index in [9.17, 15) is 0 Å². The lowest BCUT2D eigenvalue weighted by molar-refractivity contribution is 0.501. The zero-order chi connectivity index (χ0) is 12.2. The lowest BCUT2D eigenvalue weighted by Crippen LogP contribution is -2.19. The molecule has 2 nitrogen and oxygen atoms in total. The van der Waals surface area contributed by atoms with Crippen LogP contribution in [0.2, 0.25) is 5.04 Å². The lowest BCUT2D eigenvalue weighted by atomic mass is 10.1. The van der Waals surface area contributed by atoms with Gasteiger partial charge in [-0.15, -0.1) is 0 Å². The highest BCUT2D eigenvalue weighted by atomic mass is 28.2. The van der Waals surface area contributed by atoms with E-state index in [1.807, 2.05) is 25.1 Å². The summed E-state index contributed by atoms with van der Waals surface area (Å²) in [6.45, 7) is 8.68. The molecule has 0 saturated carbocycles. The summed E-state index contributed by atoms with van der Waals surface area (Å²) < 4.78 is 5.84. The van der Waals surface area contributed by atoms with Gasteiger partial charge in [0, 0.05) is 0 Å². The van der Waals surface area contributed by atoms with Crippen molar-refractivity contribution in [3.8, 4) is 5.75 Å². The van der Waals surface area contributed by atoms with Gasteiger partial charge in [-0.2, -0.15) is 0 Å². The van der Waals surface area contributed by atoms with Gasteiger partial charge >= 0.3 is 9.76 Å². The Hall–Kier alpha value is -0.963. The smallest absolute Gasteiger partial charge is 0.317 e. The third-order valence-corrected chi connectivity index (χ3v) is 3.72. The molecular formula is C13H21NOSi. The molecule has 1 aromatic carbocycles. The molecule has 0 aliphatic carbocycles. The molecule has 0 amide bonds. The highest BCUT2D eigenvalue weighted by molar-refractivity contribution is 6.33. The molecule has 0 spiro atoms. The first-order valence-electron chi connectivity index (χ1n) is 5.75. The van der Waals surface area contributed by atoms with Crippen LogP contribution in [0.3, 0.4) is 0 Å². The zero-order valence-electron chi connectivity index (χ0n) is 10.6. The number of rotatable bonds is 5. The molecule has 0 bridgehead atoms. The highest BCUT2D eigenvalue weighted by Crippen LogP contribution is 2.31. The van der Waals surface area contributed by atoms with Gasteiger partial charge < -0.3 is 10.2 Å². The fourth-order valence-corrected chi connectivity index (χ4v) is 2.53. The maximum atomic E-state index is 5.97. The maximum Gasteiger partial charge on any atom is 0.317 e. The fourth-order valence-electron chi connectivity index (χ4n) is 1.61. The Morgan fingerprint density at radius 3 is 2.69 bits per heavy atom. The molecule has 0 unspecified atom stereocenters. The van der Waals surface area contributed by atoms with Crippen LogP contribution in [-0.4, -0.2) is 9.76 Å². The summed E-state index contributed by atoms with van der Waals surface area (Å²) in [5, 5.41) is 0.241. The van der Waals surface area contributed by atoms with Crippen molar-refractivity contribution < 1.29 is 4.43 Å². The van der Waals surface area contributed by atoms with Crippen LogP contribution in [0.15, 0.2) is 18.2 Å². The van der Waals surface area contributed by atoms with Gasteiger partial charge in [-0.1, -0.05) is 39.3 Å². The Kier molecular flexibility index (Phi) is 4.41. The van der Waals surface area contributed by atoms with Gasteiger partial charge in [0.15, 0.2) is 0 Å². The quantitative estimate of drug-likeness (QED) is 0.625. The van der Waals surface area contributed by atoms with Crippen molar-refractivity contribution in [3.05, 3.63) is 23.8 Å². The molecule has 0 aromatic heterocycles. The van der Waals surface area contributed by atoms with E-state index in [0.717, 1.165) is 17.0 Å². The van der Waals surface area contributed by atoms with Gasteiger partial charge in [0.1, 0.15) is 5.75 Å². The van der Waals surface area contributed by atoms with Crippen molar-refractivity contribution in [1.82, 2.24) is 0 Å². The monoisotopic (exact) mass is 235 g/mol. The van der Waals surface area contributed by atoms with Gasteiger partial charge in [0.05, 0.1) is 5.69 Å². The number of nitrogens with two attached hydrogens (primary N) is 1. The Balaban J connectivity index is 2.64. The zero-order valence-corrected chi connectivity index (χ0v) is 11.6. The first-order valence-corrected chi connectivity index (χ1v) is 6.66. The summed E-state index contributed by atoms with van der Waals surface area (Å²) in [7, 11) is 0.456. The van der Waals surface area contributed by atoms with E-state index in [1.54, 1.807) is 0 Å². The van der Waals surface area contributed by atoms with Crippen molar-refractivity contribution in [2.24, 2.45) is 0 Å². The average molecular weight is 235 g/mol. The topological polar surface area (TPSA) is 35.2 Å². The summed E-state index contributed by atoms with van der Waals surface area (Å²) in [6, 6.07) is 5.93. The number of hydrogen-bond acceptors (Lipinski definition) is 2. The molecule has 2 radical (unpaired) electrons. The van der Waals surface area contributed by atoms with E-state index in [-0.39, 0.29) is 5.04 Å². The van der Waals surface area contributed by atoms with Gasteiger partial charge in [-0.25, -0.2) is 0 Å². The number of para-hydroxylation sites is 1. The second-order valence-corrected chi connectivity index (χ2v) is 6.59. The molecule has 88 valence electrons. The largest absolute Gasteiger partial charge is 0.539 e. The summed E-state index contributed by atoms with van der Waals surface area (Å²) >= 11 is 0. The Morgan fingerprint density at radius 2 is 2.06 bits per heavy atom. The van der Waals surface area contributed by atoms with E-state index in [4.69, 9.17) is 10.2 Å². The van der Waals surface area contributed by atoms with Crippen molar-refractivity contribution >= 4 is 15.5 Å². The van der Waals surface area contributed by atoms with Crippen LogP contribution < -0.4 is 10.2 Å². The number of hydrogen-bond donors (Lipinski definition) is 1. The maximum absolute atomic E-state index is 5.97. The normalized spacial score (nSPS) is 11.5. The van der Waals surface area contributed by atoms with E-state index >= 15 is 0 Å². The molecule has 0 aliphatic rings. The molecule has 0 aliphatic heterocycles. The number of anilines is 1. The third-order valence-electron chi connectivity index (χ3n) is 2.60. The number of nitrogen functional groups attached to an aromatic ring is 1. The predicted molar refractivity (Wildman–Crippen MR) is 70.9 cm³/mol. The van der Waals surface area contributed by atoms with E-state index in [2.05, 4.69) is 20.8 Å². The molecule has 0 heterocycles. The molecule has 0 atom stereocenters. The van der Waals surface area contributed by atoms with Crippen molar-refractivity contribution in [1.29, 1.82) is 0 Å². The summed E-state index contributed by atoms with van der Waals surface area (Å²) in [5.41, 5.74) is 7.81. The van der Waals surface area contributed by atoms with Crippen LogP contribution in [0.1, 0.15) is 39.2 Å². The minimum atomic E-state index is 0.241. The lowest BCUT2D eigenvalue weighted by Gasteiger charge is -2.22. The van der Waals surface area contributed by atoms with Crippen LogP contribution in [0.5, 0.6) is 5.75 Å². The molecular weight excluding hydrogens is 214 g/mol. The minimum Gasteiger partial charge on any atom is -0.539 e. The molecule has 16 heavy (non-hydrogen) atoms. The second kappa shape index (κ2) is 5.39. The summed E-state index contributed by atoms with van der Waals surface area (Å²) in [6.07, 6.45) is 2.36. The third kappa shape index (κ3) is 3.56. The second-order valence-electron chi connectivity index (χ2n) is 4.82. The Bertz CT molecular complexity index is 350. The van der Waals surface area contributed by atoms with Crippen LogP contribution in [0.4, 0.5) is 5.69 Å². The summed E-state index contributed by atoms with van der Waals surface area (Å²) in [5.74, 6) is 0.822. The first kappa shape index (κ1) is 13.1. The van der Waals surface area contributed by atoms with Crippen molar-refractivity contribution in [2.45, 2.75) is 45.6 Å². The Morgan fingerprint density at radius 1 is 1.38 bits per heavy atom. The van der Waals surface area contributed by atoms with Crippen LogP contribution in [0.25, 0.3) is 0 Å². The van der Waals surface area contributed by atoms with E-state index in [0.29, 0.717) is 9.76 Å². The SMILES string of the molecule is CCCC(C)(C)[Si]Oc1cccc(C)c1N. The van der Waals surface area contributed by atoms with Gasteiger partial charge in [0.25, 0.3) is 0 Å². The first-order chi connectivity index (χ1) is 7.46. The standard InChI is InChI=1S/C13H21NOSi/c1-5-9-13(3,4)16-15-11-8-6-7-10(2)12(11)14/h6-8H,5,9,14H2,1-4H3. The number of aryl methyl sites for hydroxylation is 1. The average Bonchev–Trinajstić information content (AvgIpc) is 2.20. The molecule has 0 saturated heterocycles. The van der Waals surface area contributed by atoms with Crippen molar-refractivity contribution in [2.75, 3.05) is 5.73 Å². The van der Waals surface area contributed by atoms with Crippen LogP contribution in [0, 0.1) is 6.92 Å². The van der Waals surface area contributed by atoms with Crippen LogP contribution >= 0.6 is 0 Å². The van der Waals surface area contributed by atoms with Crippen LogP contribution in [-0.2, 0) is 0 Å². The molecule has 3 heteroatoms. The van der Waals surface area contributed by atoms with E-state index < -0.39 is 0 Å². The molecule has 0 fully saturated rings. The van der Waals surface area contributed by atoms with E-state index in [1.165, 1.54) is 12.8 Å². The molecule has 1 rings (SSSR count). The van der Waals surface area contributed by atoms with Gasteiger partial charge in [0.2, 0.25) is 0 Å². The fraction of sp³-hybridized carbons (Fsp3) is 0.538. The van der Waals surface area contributed by atoms with Crippen molar-refractivity contribution in [3.63, 3.8) is 0 Å². The Labute approximate surface area is 101 Å². The van der Waals surface area contributed by atoms with Gasteiger partial charge in [-0.05, 0) is 30.0 Å². The highest BCUT2D eigenvalue weighted by Gasteiger charge is 2.21. The number of benzene rings is 1. The molecule has 1 aromatic rings. The molecule has 2 N–H and O–H groups in total. The minimum absolute atomic E-state index is 0.241.